The fourth-order valence-electron chi connectivity index (χ4n) is 3.02. The Morgan fingerprint density at radius 2 is 2.12 bits per heavy atom. The normalized spacial score (nSPS) is 33.0. The largest absolute Gasteiger partial charge is 0.390 e. The molecule has 0 aromatic carbocycles. The van der Waals surface area contributed by atoms with Gasteiger partial charge in [-0.15, -0.1) is 0 Å². The van der Waals surface area contributed by atoms with Crippen molar-refractivity contribution in [2.45, 2.75) is 71.5 Å². The first-order chi connectivity index (χ1) is 7.50. The third-order valence-corrected chi connectivity index (χ3v) is 3.72. The summed E-state index contributed by atoms with van der Waals surface area (Å²) in [5.74, 6) is 1.21. The van der Waals surface area contributed by atoms with Crippen molar-refractivity contribution >= 4 is 0 Å². The lowest BCUT2D eigenvalue weighted by Gasteiger charge is -2.43. The van der Waals surface area contributed by atoms with Crippen LogP contribution in [0.3, 0.4) is 0 Å². The minimum atomic E-state index is -0.296. The highest BCUT2D eigenvalue weighted by atomic mass is 16.5. The molecule has 1 saturated carbocycles. The molecule has 2 heteroatoms. The number of hydrogen-bond donors (Lipinski definition) is 1. The summed E-state index contributed by atoms with van der Waals surface area (Å²) in [4.78, 5) is 0. The third kappa shape index (κ3) is 3.46. The van der Waals surface area contributed by atoms with Gasteiger partial charge in [0.15, 0.2) is 0 Å². The predicted molar refractivity (Wildman–Crippen MR) is 67.5 cm³/mol. The van der Waals surface area contributed by atoms with Crippen molar-refractivity contribution in [3.05, 3.63) is 0 Å². The Hall–Kier alpha value is -0.0800. The van der Waals surface area contributed by atoms with Gasteiger partial charge in [-0.1, -0.05) is 33.6 Å². The van der Waals surface area contributed by atoms with E-state index in [9.17, 15) is 5.11 Å². The molecule has 0 spiro atoms. The van der Waals surface area contributed by atoms with Crippen LogP contribution in [0, 0.1) is 11.8 Å². The maximum atomic E-state index is 10.4. The summed E-state index contributed by atoms with van der Waals surface area (Å²) in [6.45, 7) is 9.34. The van der Waals surface area contributed by atoms with E-state index in [4.69, 9.17) is 4.74 Å². The van der Waals surface area contributed by atoms with Crippen LogP contribution in [-0.2, 0) is 4.74 Å². The summed E-state index contributed by atoms with van der Waals surface area (Å²) in [7, 11) is 0. The standard InChI is InChI=1S/C14H28O2/c1-5-16-14(13(15)9-11(2)3)8-6-7-12(4)10-14/h11-13,15H,5-10H2,1-4H3. The van der Waals surface area contributed by atoms with Gasteiger partial charge in [0.25, 0.3) is 0 Å². The molecule has 96 valence electrons. The Morgan fingerprint density at radius 3 is 2.62 bits per heavy atom. The van der Waals surface area contributed by atoms with E-state index < -0.39 is 0 Å². The van der Waals surface area contributed by atoms with Crippen LogP contribution in [0.2, 0.25) is 0 Å². The molecule has 3 unspecified atom stereocenters. The first-order valence-electron chi connectivity index (χ1n) is 6.82. The highest BCUT2D eigenvalue weighted by Gasteiger charge is 2.41. The van der Waals surface area contributed by atoms with Gasteiger partial charge in [-0.25, -0.2) is 0 Å². The summed E-state index contributed by atoms with van der Waals surface area (Å²) in [5, 5.41) is 10.4. The molecule has 1 rings (SSSR count). The van der Waals surface area contributed by atoms with Crippen molar-refractivity contribution in [3.63, 3.8) is 0 Å². The first kappa shape index (κ1) is 14.0. The smallest absolute Gasteiger partial charge is 0.0942 e. The highest BCUT2D eigenvalue weighted by Crippen LogP contribution is 2.39. The van der Waals surface area contributed by atoms with E-state index in [0.717, 1.165) is 19.3 Å². The number of aliphatic hydroxyl groups excluding tert-OH is 1. The van der Waals surface area contributed by atoms with Gasteiger partial charge in [-0.2, -0.15) is 0 Å². The minimum absolute atomic E-state index is 0.253. The van der Waals surface area contributed by atoms with Crippen LogP contribution in [0.25, 0.3) is 0 Å². The maximum absolute atomic E-state index is 10.4. The van der Waals surface area contributed by atoms with Gasteiger partial charge in [-0.3, -0.25) is 0 Å². The molecule has 0 radical (unpaired) electrons. The zero-order valence-electron chi connectivity index (χ0n) is 11.3. The van der Waals surface area contributed by atoms with Gasteiger partial charge in [0.1, 0.15) is 0 Å². The van der Waals surface area contributed by atoms with E-state index in [1.807, 2.05) is 6.92 Å². The van der Waals surface area contributed by atoms with Crippen molar-refractivity contribution in [2.75, 3.05) is 6.61 Å². The van der Waals surface area contributed by atoms with E-state index in [-0.39, 0.29) is 11.7 Å². The topological polar surface area (TPSA) is 29.5 Å². The van der Waals surface area contributed by atoms with Crippen LogP contribution in [-0.4, -0.2) is 23.4 Å². The summed E-state index contributed by atoms with van der Waals surface area (Å²) in [6, 6.07) is 0. The van der Waals surface area contributed by atoms with E-state index in [2.05, 4.69) is 20.8 Å². The fourth-order valence-corrected chi connectivity index (χ4v) is 3.02. The molecule has 0 bridgehead atoms. The molecule has 0 heterocycles. The molecular formula is C14H28O2. The molecular weight excluding hydrogens is 200 g/mol. The molecule has 0 aromatic rings. The van der Waals surface area contributed by atoms with Crippen molar-refractivity contribution in [2.24, 2.45) is 11.8 Å². The lowest BCUT2D eigenvalue weighted by atomic mass is 9.74. The van der Waals surface area contributed by atoms with Crippen molar-refractivity contribution in [1.29, 1.82) is 0 Å². The monoisotopic (exact) mass is 228 g/mol. The van der Waals surface area contributed by atoms with Crippen LogP contribution < -0.4 is 0 Å². The van der Waals surface area contributed by atoms with Crippen molar-refractivity contribution in [3.8, 4) is 0 Å². The summed E-state index contributed by atoms with van der Waals surface area (Å²) in [5.41, 5.74) is -0.253. The van der Waals surface area contributed by atoms with Gasteiger partial charge in [0.05, 0.1) is 11.7 Å². The Kier molecular flexibility index (Phi) is 5.26. The molecule has 16 heavy (non-hydrogen) atoms. The zero-order valence-corrected chi connectivity index (χ0v) is 11.3. The van der Waals surface area contributed by atoms with Gasteiger partial charge >= 0.3 is 0 Å². The molecule has 1 N–H and O–H groups in total. The van der Waals surface area contributed by atoms with E-state index in [1.54, 1.807) is 0 Å². The van der Waals surface area contributed by atoms with E-state index in [0.29, 0.717) is 18.4 Å². The molecule has 1 aliphatic carbocycles. The van der Waals surface area contributed by atoms with Gasteiger partial charge < -0.3 is 9.84 Å². The Bertz CT molecular complexity index is 199. The summed E-state index contributed by atoms with van der Waals surface area (Å²) < 4.78 is 5.95. The SMILES string of the molecule is CCOC1(C(O)CC(C)C)CCCC(C)C1. The second kappa shape index (κ2) is 6.02. The quantitative estimate of drug-likeness (QED) is 0.781. The second-order valence-electron chi connectivity index (χ2n) is 5.84. The number of ether oxygens (including phenoxy) is 1. The maximum Gasteiger partial charge on any atom is 0.0942 e. The van der Waals surface area contributed by atoms with Crippen LogP contribution in [0.4, 0.5) is 0 Å². The van der Waals surface area contributed by atoms with Crippen LogP contribution >= 0.6 is 0 Å². The lowest BCUT2D eigenvalue weighted by Crippen LogP contribution is -2.48. The van der Waals surface area contributed by atoms with Crippen LogP contribution in [0.1, 0.15) is 59.8 Å². The third-order valence-electron chi connectivity index (χ3n) is 3.72. The Balaban J connectivity index is 2.69. The zero-order chi connectivity index (χ0) is 12.2. The summed E-state index contributed by atoms with van der Waals surface area (Å²) >= 11 is 0. The minimum Gasteiger partial charge on any atom is -0.390 e. The van der Waals surface area contributed by atoms with Gasteiger partial charge in [-0.05, 0) is 38.0 Å². The predicted octanol–water partition coefficient (Wildman–Crippen LogP) is 3.38. The van der Waals surface area contributed by atoms with Gasteiger partial charge in [0, 0.05) is 6.61 Å². The number of aliphatic hydroxyl groups is 1. The van der Waals surface area contributed by atoms with Crippen molar-refractivity contribution < 1.29 is 9.84 Å². The molecule has 3 atom stereocenters. The first-order valence-corrected chi connectivity index (χ1v) is 6.82. The number of rotatable bonds is 5. The lowest BCUT2D eigenvalue weighted by molar-refractivity contribution is -0.152. The molecule has 1 aliphatic rings. The van der Waals surface area contributed by atoms with E-state index >= 15 is 0 Å². The van der Waals surface area contributed by atoms with Gasteiger partial charge in [0.2, 0.25) is 0 Å². The highest BCUT2D eigenvalue weighted by molar-refractivity contribution is 4.93. The molecule has 0 aliphatic heterocycles. The molecule has 0 aromatic heterocycles. The molecule has 0 saturated heterocycles. The molecule has 1 fully saturated rings. The Morgan fingerprint density at radius 1 is 1.44 bits per heavy atom. The summed E-state index contributed by atoms with van der Waals surface area (Å²) in [6.07, 6.45) is 5.08. The number of hydrogen-bond acceptors (Lipinski definition) is 2. The van der Waals surface area contributed by atoms with Crippen molar-refractivity contribution in [1.82, 2.24) is 0 Å². The van der Waals surface area contributed by atoms with Crippen LogP contribution in [0.15, 0.2) is 0 Å². The molecule has 2 nitrogen and oxygen atoms in total. The Labute approximate surface area is 100 Å². The van der Waals surface area contributed by atoms with Crippen LogP contribution in [0.5, 0.6) is 0 Å². The molecule has 0 amide bonds. The average Bonchev–Trinajstić information content (AvgIpc) is 2.17. The fraction of sp³-hybridized carbons (Fsp3) is 1.00. The van der Waals surface area contributed by atoms with E-state index in [1.165, 1.54) is 12.8 Å². The second-order valence-corrected chi connectivity index (χ2v) is 5.84. The average molecular weight is 228 g/mol.